The molecule has 0 aliphatic carbocycles. The molecule has 0 unspecified atom stereocenters. The molecule has 1 amide bonds. The Morgan fingerprint density at radius 3 is 2.55 bits per heavy atom. The van der Waals surface area contributed by atoms with Gasteiger partial charge in [-0.25, -0.2) is 4.68 Å². The van der Waals surface area contributed by atoms with E-state index >= 15 is 0 Å². The molecule has 0 saturated heterocycles. The molecule has 0 saturated carbocycles. The molecule has 0 fully saturated rings. The molecule has 2 aromatic heterocycles. The van der Waals surface area contributed by atoms with Gasteiger partial charge in [0.1, 0.15) is 0 Å². The van der Waals surface area contributed by atoms with Crippen LogP contribution in [0.2, 0.25) is 0 Å². The van der Waals surface area contributed by atoms with Gasteiger partial charge in [-0.1, -0.05) is 24.3 Å². The van der Waals surface area contributed by atoms with Crippen LogP contribution in [0.1, 0.15) is 29.3 Å². The third-order valence-electron chi connectivity index (χ3n) is 5.03. The standard InChI is InChI=1S/C23H20F3N5O2/c1-14-21(15(2)31(30-14)18-9-4-3-5-10-18)27-19(32)11-12-20-28-29-22(33-20)16-7-6-8-17(13-16)23(24,25)26/h3-10,13H,11-12H2,1-2H3,(H,27,32). The molecule has 2 aromatic carbocycles. The fourth-order valence-corrected chi connectivity index (χ4v) is 3.37. The van der Waals surface area contributed by atoms with Gasteiger partial charge >= 0.3 is 6.18 Å². The first kappa shape index (κ1) is 22.3. The number of amides is 1. The Labute approximate surface area is 187 Å². The largest absolute Gasteiger partial charge is 0.421 e. The molecule has 170 valence electrons. The highest BCUT2D eigenvalue weighted by molar-refractivity contribution is 5.92. The fraction of sp³-hybridized carbons (Fsp3) is 0.217. The minimum Gasteiger partial charge on any atom is -0.421 e. The number of rotatable bonds is 6. The van der Waals surface area contributed by atoms with Crippen LogP contribution in [0.25, 0.3) is 17.1 Å². The van der Waals surface area contributed by atoms with Crippen molar-refractivity contribution in [3.8, 4) is 17.1 Å². The van der Waals surface area contributed by atoms with E-state index in [1.165, 1.54) is 12.1 Å². The first-order valence-electron chi connectivity index (χ1n) is 10.1. The van der Waals surface area contributed by atoms with Crippen LogP contribution in [-0.4, -0.2) is 25.9 Å². The predicted molar refractivity (Wildman–Crippen MR) is 115 cm³/mol. The number of aromatic nitrogens is 4. The van der Waals surface area contributed by atoms with E-state index in [-0.39, 0.29) is 36.1 Å². The zero-order valence-corrected chi connectivity index (χ0v) is 17.8. The number of aryl methyl sites for hydroxylation is 2. The van der Waals surface area contributed by atoms with E-state index in [2.05, 4.69) is 20.6 Å². The number of nitrogens with one attached hydrogen (secondary N) is 1. The summed E-state index contributed by atoms with van der Waals surface area (Å²) in [5.74, 6) is -0.147. The Hall–Kier alpha value is -3.95. The van der Waals surface area contributed by atoms with Crippen LogP contribution >= 0.6 is 0 Å². The molecule has 7 nitrogen and oxygen atoms in total. The summed E-state index contributed by atoms with van der Waals surface area (Å²) in [5, 5.41) is 15.0. The lowest BCUT2D eigenvalue weighted by atomic mass is 10.1. The monoisotopic (exact) mass is 455 g/mol. The summed E-state index contributed by atoms with van der Waals surface area (Å²) in [6.45, 7) is 3.67. The first-order chi connectivity index (χ1) is 15.7. The fourth-order valence-electron chi connectivity index (χ4n) is 3.37. The molecule has 0 atom stereocenters. The van der Waals surface area contributed by atoms with Crippen molar-refractivity contribution in [2.75, 3.05) is 5.32 Å². The lowest BCUT2D eigenvalue weighted by molar-refractivity contribution is -0.137. The van der Waals surface area contributed by atoms with E-state index < -0.39 is 11.7 Å². The summed E-state index contributed by atoms with van der Waals surface area (Å²) in [4.78, 5) is 12.5. The average molecular weight is 455 g/mol. The number of nitrogens with zero attached hydrogens (tertiary/aromatic N) is 4. The van der Waals surface area contributed by atoms with E-state index in [0.717, 1.165) is 23.5 Å². The lowest BCUT2D eigenvalue weighted by Crippen LogP contribution is -2.13. The second-order valence-electron chi connectivity index (χ2n) is 7.42. The molecule has 4 aromatic rings. The summed E-state index contributed by atoms with van der Waals surface area (Å²) >= 11 is 0. The van der Waals surface area contributed by atoms with Crippen molar-refractivity contribution < 1.29 is 22.4 Å². The van der Waals surface area contributed by atoms with Crippen LogP contribution in [0.4, 0.5) is 18.9 Å². The van der Waals surface area contributed by atoms with Gasteiger partial charge in [-0.3, -0.25) is 4.79 Å². The third-order valence-corrected chi connectivity index (χ3v) is 5.03. The quantitative estimate of drug-likeness (QED) is 0.436. The van der Waals surface area contributed by atoms with Gasteiger partial charge in [0.05, 0.1) is 28.3 Å². The van der Waals surface area contributed by atoms with Crippen LogP contribution in [-0.2, 0) is 17.4 Å². The number of carbonyl (C=O) groups is 1. The molecule has 2 heterocycles. The van der Waals surface area contributed by atoms with Crippen LogP contribution in [0.3, 0.4) is 0 Å². The minimum atomic E-state index is -4.47. The number of para-hydroxylation sites is 1. The molecule has 0 bridgehead atoms. The number of benzene rings is 2. The predicted octanol–water partition coefficient (Wildman–Crippen LogP) is 5.13. The molecular weight excluding hydrogens is 435 g/mol. The number of carbonyl (C=O) groups excluding carboxylic acids is 1. The van der Waals surface area contributed by atoms with Crippen molar-refractivity contribution in [2.45, 2.75) is 32.9 Å². The van der Waals surface area contributed by atoms with Crippen molar-refractivity contribution in [1.82, 2.24) is 20.0 Å². The van der Waals surface area contributed by atoms with Crippen molar-refractivity contribution >= 4 is 11.6 Å². The second kappa shape index (κ2) is 8.89. The van der Waals surface area contributed by atoms with Crippen LogP contribution < -0.4 is 5.32 Å². The van der Waals surface area contributed by atoms with E-state index in [1.54, 1.807) is 11.6 Å². The molecular formula is C23H20F3N5O2. The maximum absolute atomic E-state index is 12.9. The average Bonchev–Trinajstić information content (AvgIpc) is 3.38. The van der Waals surface area contributed by atoms with Gasteiger partial charge in [-0.15, -0.1) is 10.2 Å². The maximum Gasteiger partial charge on any atom is 0.416 e. The highest BCUT2D eigenvalue weighted by atomic mass is 19.4. The zero-order valence-electron chi connectivity index (χ0n) is 17.8. The van der Waals surface area contributed by atoms with Crippen molar-refractivity contribution in [2.24, 2.45) is 0 Å². The maximum atomic E-state index is 12.9. The number of hydrogen-bond donors (Lipinski definition) is 1. The normalized spacial score (nSPS) is 11.5. The van der Waals surface area contributed by atoms with Crippen LogP contribution in [0.15, 0.2) is 59.0 Å². The second-order valence-corrected chi connectivity index (χ2v) is 7.42. The molecule has 0 aliphatic heterocycles. The molecule has 0 aliphatic rings. The molecule has 1 N–H and O–H groups in total. The van der Waals surface area contributed by atoms with Gasteiger partial charge in [0.2, 0.25) is 17.7 Å². The summed E-state index contributed by atoms with van der Waals surface area (Å²) in [7, 11) is 0. The van der Waals surface area contributed by atoms with Gasteiger partial charge in [0, 0.05) is 18.4 Å². The molecule has 0 radical (unpaired) electrons. The zero-order chi connectivity index (χ0) is 23.6. The van der Waals surface area contributed by atoms with Crippen molar-refractivity contribution in [3.05, 3.63) is 77.4 Å². The van der Waals surface area contributed by atoms with Crippen LogP contribution in [0, 0.1) is 13.8 Å². The van der Waals surface area contributed by atoms with Gasteiger partial charge < -0.3 is 9.73 Å². The molecule has 0 spiro atoms. The number of hydrogen-bond acceptors (Lipinski definition) is 5. The number of anilines is 1. The summed E-state index contributed by atoms with van der Waals surface area (Å²) in [6.07, 6.45) is -4.27. The Balaban J connectivity index is 1.41. The Morgan fingerprint density at radius 2 is 1.82 bits per heavy atom. The smallest absolute Gasteiger partial charge is 0.416 e. The van der Waals surface area contributed by atoms with Crippen molar-refractivity contribution in [1.29, 1.82) is 0 Å². The van der Waals surface area contributed by atoms with Gasteiger partial charge in [-0.05, 0) is 44.2 Å². The summed E-state index contributed by atoms with van der Waals surface area (Å²) in [6, 6.07) is 14.2. The first-order valence-corrected chi connectivity index (χ1v) is 10.1. The molecule has 4 rings (SSSR count). The Morgan fingerprint density at radius 1 is 1.06 bits per heavy atom. The van der Waals surface area contributed by atoms with Gasteiger partial charge in [-0.2, -0.15) is 18.3 Å². The SMILES string of the molecule is Cc1nn(-c2ccccc2)c(C)c1NC(=O)CCc1nnc(-c2cccc(C(F)(F)F)c2)o1. The van der Waals surface area contributed by atoms with Crippen LogP contribution in [0.5, 0.6) is 0 Å². The highest BCUT2D eigenvalue weighted by Crippen LogP contribution is 2.32. The number of alkyl halides is 3. The van der Waals surface area contributed by atoms with Gasteiger partial charge in [0.15, 0.2) is 0 Å². The summed E-state index contributed by atoms with van der Waals surface area (Å²) in [5.41, 5.74) is 2.32. The Bertz CT molecular complexity index is 1280. The van der Waals surface area contributed by atoms with E-state index in [0.29, 0.717) is 11.4 Å². The molecule has 10 heteroatoms. The van der Waals surface area contributed by atoms with E-state index in [9.17, 15) is 18.0 Å². The topological polar surface area (TPSA) is 85.8 Å². The Kier molecular flexibility index (Phi) is 5.99. The van der Waals surface area contributed by atoms with E-state index in [4.69, 9.17) is 4.42 Å². The lowest BCUT2D eigenvalue weighted by Gasteiger charge is -2.07. The highest BCUT2D eigenvalue weighted by Gasteiger charge is 2.30. The third kappa shape index (κ3) is 4.94. The van der Waals surface area contributed by atoms with Crippen molar-refractivity contribution in [3.63, 3.8) is 0 Å². The minimum absolute atomic E-state index is 0.0349. The molecule has 33 heavy (non-hydrogen) atoms. The van der Waals surface area contributed by atoms with E-state index in [1.807, 2.05) is 37.3 Å². The summed E-state index contributed by atoms with van der Waals surface area (Å²) < 4.78 is 46.0. The number of halogens is 3. The van der Waals surface area contributed by atoms with Gasteiger partial charge in [0.25, 0.3) is 0 Å².